The summed E-state index contributed by atoms with van der Waals surface area (Å²) in [5.41, 5.74) is 7.89. The third kappa shape index (κ3) is 4.30. The van der Waals surface area contributed by atoms with Crippen LogP contribution in [0.3, 0.4) is 0 Å². The Labute approximate surface area is 124 Å². The lowest BCUT2D eigenvalue weighted by molar-refractivity contribution is 0.222. The number of benzene rings is 1. The average molecular weight is 287 g/mol. The predicted molar refractivity (Wildman–Crippen MR) is 83.7 cm³/mol. The van der Waals surface area contributed by atoms with Gasteiger partial charge in [0.25, 0.3) is 0 Å². The first-order valence-electron chi connectivity index (χ1n) is 7.11. The lowest BCUT2D eigenvalue weighted by Gasteiger charge is -2.12. The standard InChI is InChI=1S/C15H21N5O/c1-4-7-11-8-5-6-9-12(11)17-14-18-13(16)19-15(20-14)21-10(2)3/h5-6,8-10H,4,7H2,1-3H3,(H3,16,17,18,19,20). The van der Waals surface area contributed by atoms with Crippen molar-refractivity contribution in [3.8, 4) is 6.01 Å². The Morgan fingerprint density at radius 1 is 1.19 bits per heavy atom. The summed E-state index contributed by atoms with van der Waals surface area (Å²) < 4.78 is 5.47. The topological polar surface area (TPSA) is 86.0 Å². The van der Waals surface area contributed by atoms with Crippen LogP contribution in [-0.4, -0.2) is 21.1 Å². The molecule has 6 nitrogen and oxygen atoms in total. The van der Waals surface area contributed by atoms with Gasteiger partial charge >= 0.3 is 6.01 Å². The van der Waals surface area contributed by atoms with E-state index < -0.39 is 0 Å². The Morgan fingerprint density at radius 2 is 1.95 bits per heavy atom. The Balaban J connectivity index is 2.25. The molecule has 0 bridgehead atoms. The molecule has 1 aromatic carbocycles. The van der Waals surface area contributed by atoms with Crippen LogP contribution < -0.4 is 15.8 Å². The van der Waals surface area contributed by atoms with E-state index in [0.29, 0.717) is 5.95 Å². The minimum Gasteiger partial charge on any atom is -0.461 e. The monoisotopic (exact) mass is 287 g/mol. The molecular weight excluding hydrogens is 266 g/mol. The van der Waals surface area contributed by atoms with Gasteiger partial charge in [0.15, 0.2) is 0 Å². The van der Waals surface area contributed by atoms with Gasteiger partial charge in [-0.25, -0.2) is 0 Å². The van der Waals surface area contributed by atoms with Crippen molar-refractivity contribution in [2.75, 3.05) is 11.1 Å². The number of nitrogens with two attached hydrogens (primary N) is 1. The molecule has 0 amide bonds. The van der Waals surface area contributed by atoms with Crippen LogP contribution in [0.1, 0.15) is 32.8 Å². The predicted octanol–water partition coefficient (Wildman–Crippen LogP) is 2.94. The number of nitrogens with one attached hydrogen (secondary N) is 1. The van der Waals surface area contributed by atoms with E-state index in [9.17, 15) is 0 Å². The maximum atomic E-state index is 5.70. The molecule has 6 heteroatoms. The van der Waals surface area contributed by atoms with Crippen molar-refractivity contribution in [1.29, 1.82) is 0 Å². The second-order valence-electron chi connectivity index (χ2n) is 5.00. The lowest BCUT2D eigenvalue weighted by Crippen LogP contribution is -2.12. The summed E-state index contributed by atoms with van der Waals surface area (Å²) in [6.07, 6.45) is 2.03. The van der Waals surface area contributed by atoms with Crippen LogP contribution in [0.25, 0.3) is 0 Å². The molecule has 0 saturated heterocycles. The van der Waals surface area contributed by atoms with E-state index in [1.807, 2.05) is 32.0 Å². The first-order valence-corrected chi connectivity index (χ1v) is 7.11. The fourth-order valence-corrected chi connectivity index (χ4v) is 1.94. The van der Waals surface area contributed by atoms with Gasteiger partial charge in [-0.2, -0.15) is 15.0 Å². The van der Waals surface area contributed by atoms with Crippen LogP contribution in [-0.2, 0) is 6.42 Å². The number of ether oxygens (including phenoxy) is 1. The highest BCUT2D eigenvalue weighted by Gasteiger charge is 2.09. The average Bonchev–Trinajstić information content (AvgIpc) is 2.40. The molecular formula is C15H21N5O. The number of hydrogen-bond acceptors (Lipinski definition) is 6. The highest BCUT2D eigenvalue weighted by Crippen LogP contribution is 2.21. The van der Waals surface area contributed by atoms with Gasteiger partial charge in [-0.3, -0.25) is 0 Å². The fourth-order valence-electron chi connectivity index (χ4n) is 1.94. The summed E-state index contributed by atoms with van der Waals surface area (Å²) in [6.45, 7) is 5.96. The number of para-hydroxylation sites is 1. The highest BCUT2D eigenvalue weighted by atomic mass is 16.5. The van der Waals surface area contributed by atoms with Crippen molar-refractivity contribution in [3.63, 3.8) is 0 Å². The number of aryl methyl sites for hydroxylation is 1. The Morgan fingerprint density at radius 3 is 2.67 bits per heavy atom. The summed E-state index contributed by atoms with van der Waals surface area (Å²) in [4.78, 5) is 12.3. The van der Waals surface area contributed by atoms with Crippen LogP contribution >= 0.6 is 0 Å². The zero-order chi connectivity index (χ0) is 15.2. The quantitative estimate of drug-likeness (QED) is 0.849. The molecule has 112 valence electrons. The largest absolute Gasteiger partial charge is 0.461 e. The maximum Gasteiger partial charge on any atom is 0.323 e. The van der Waals surface area contributed by atoms with Crippen molar-refractivity contribution in [3.05, 3.63) is 29.8 Å². The number of aromatic nitrogens is 3. The molecule has 21 heavy (non-hydrogen) atoms. The zero-order valence-electron chi connectivity index (χ0n) is 12.6. The van der Waals surface area contributed by atoms with E-state index in [2.05, 4.69) is 33.3 Å². The summed E-state index contributed by atoms with van der Waals surface area (Å²) in [6, 6.07) is 8.30. The SMILES string of the molecule is CCCc1ccccc1Nc1nc(N)nc(OC(C)C)n1. The number of rotatable bonds is 6. The van der Waals surface area contributed by atoms with Gasteiger partial charge in [0.05, 0.1) is 6.10 Å². The third-order valence-corrected chi connectivity index (χ3v) is 2.76. The van der Waals surface area contributed by atoms with Crippen molar-refractivity contribution in [2.45, 2.75) is 39.7 Å². The summed E-state index contributed by atoms with van der Waals surface area (Å²) in [5, 5.41) is 3.19. The Bertz CT molecular complexity index is 600. The Hall–Kier alpha value is -2.37. The molecule has 1 heterocycles. The number of nitrogens with zero attached hydrogens (tertiary/aromatic N) is 3. The summed E-state index contributed by atoms with van der Waals surface area (Å²) in [5.74, 6) is 0.526. The van der Waals surface area contributed by atoms with Crippen LogP contribution in [0.15, 0.2) is 24.3 Å². The van der Waals surface area contributed by atoms with E-state index in [4.69, 9.17) is 10.5 Å². The van der Waals surface area contributed by atoms with Crippen molar-refractivity contribution < 1.29 is 4.74 Å². The normalized spacial score (nSPS) is 10.7. The summed E-state index contributed by atoms with van der Waals surface area (Å²) >= 11 is 0. The van der Waals surface area contributed by atoms with Crippen molar-refractivity contribution in [2.24, 2.45) is 0 Å². The molecule has 0 spiro atoms. The molecule has 0 atom stereocenters. The molecule has 0 radical (unpaired) electrons. The van der Waals surface area contributed by atoms with E-state index >= 15 is 0 Å². The van der Waals surface area contributed by atoms with E-state index in [-0.39, 0.29) is 18.1 Å². The molecule has 1 aromatic heterocycles. The van der Waals surface area contributed by atoms with Gasteiger partial charge in [-0.05, 0) is 31.9 Å². The van der Waals surface area contributed by atoms with Crippen LogP contribution in [0, 0.1) is 0 Å². The minimum atomic E-state index is -0.0213. The second kappa shape index (κ2) is 6.88. The summed E-state index contributed by atoms with van der Waals surface area (Å²) in [7, 11) is 0. The third-order valence-electron chi connectivity index (χ3n) is 2.76. The smallest absolute Gasteiger partial charge is 0.323 e. The van der Waals surface area contributed by atoms with E-state index in [1.54, 1.807) is 0 Å². The second-order valence-corrected chi connectivity index (χ2v) is 5.00. The molecule has 0 aliphatic rings. The lowest BCUT2D eigenvalue weighted by atomic mass is 10.1. The van der Waals surface area contributed by atoms with Crippen molar-refractivity contribution >= 4 is 17.6 Å². The van der Waals surface area contributed by atoms with Crippen LogP contribution in [0.5, 0.6) is 6.01 Å². The van der Waals surface area contributed by atoms with Crippen LogP contribution in [0.2, 0.25) is 0 Å². The van der Waals surface area contributed by atoms with Gasteiger partial charge in [0, 0.05) is 5.69 Å². The first kappa shape index (κ1) is 15.0. The van der Waals surface area contributed by atoms with Gasteiger partial charge < -0.3 is 15.8 Å². The molecule has 0 aliphatic heterocycles. The number of nitrogen functional groups attached to an aromatic ring is 1. The van der Waals surface area contributed by atoms with Crippen molar-refractivity contribution in [1.82, 2.24) is 15.0 Å². The molecule has 0 unspecified atom stereocenters. The Kier molecular flexibility index (Phi) is 4.92. The number of hydrogen-bond donors (Lipinski definition) is 2. The zero-order valence-corrected chi connectivity index (χ0v) is 12.6. The van der Waals surface area contributed by atoms with E-state index in [0.717, 1.165) is 18.5 Å². The first-order chi connectivity index (χ1) is 10.1. The van der Waals surface area contributed by atoms with Gasteiger partial charge in [-0.15, -0.1) is 0 Å². The molecule has 2 rings (SSSR count). The molecule has 0 saturated carbocycles. The molecule has 2 aromatic rings. The molecule has 0 aliphatic carbocycles. The number of anilines is 3. The molecule has 3 N–H and O–H groups in total. The fraction of sp³-hybridized carbons (Fsp3) is 0.400. The van der Waals surface area contributed by atoms with Gasteiger partial charge in [-0.1, -0.05) is 31.5 Å². The van der Waals surface area contributed by atoms with Crippen LogP contribution in [0.4, 0.5) is 17.6 Å². The minimum absolute atomic E-state index is 0.0213. The van der Waals surface area contributed by atoms with Gasteiger partial charge in [0.2, 0.25) is 11.9 Å². The van der Waals surface area contributed by atoms with Gasteiger partial charge in [0.1, 0.15) is 0 Å². The maximum absolute atomic E-state index is 5.70. The molecule has 0 fully saturated rings. The van der Waals surface area contributed by atoms with E-state index in [1.165, 1.54) is 5.56 Å². The highest BCUT2D eigenvalue weighted by molar-refractivity contribution is 5.59.